The van der Waals surface area contributed by atoms with E-state index in [4.69, 9.17) is 16.3 Å². The highest BCUT2D eigenvalue weighted by atomic mass is 35.5. The molecule has 0 aromatic heterocycles. The highest BCUT2D eigenvalue weighted by molar-refractivity contribution is 6.61. The summed E-state index contributed by atoms with van der Waals surface area (Å²) in [6.45, 7) is 2.76. The molecule has 0 bridgehead atoms. The van der Waals surface area contributed by atoms with Crippen LogP contribution in [-0.2, 0) is 4.74 Å². The molecule has 28 heavy (non-hydrogen) atoms. The molecule has 0 amide bonds. The molecule has 0 heterocycles. The molecule has 0 radical (unpaired) electrons. The van der Waals surface area contributed by atoms with E-state index in [0.717, 1.165) is 12.8 Å². The second-order valence-corrected chi connectivity index (χ2v) is 8.82. The van der Waals surface area contributed by atoms with Gasteiger partial charge in [-0.3, -0.25) is 0 Å². The molecule has 0 aromatic carbocycles. The molecule has 2 nitrogen and oxygen atoms in total. The number of hydrogen-bond acceptors (Lipinski definition) is 2. The highest BCUT2D eigenvalue weighted by Crippen LogP contribution is 2.15. The van der Waals surface area contributed by atoms with Gasteiger partial charge in [0.2, 0.25) is 0 Å². The molecule has 0 spiro atoms. The smallest absolute Gasteiger partial charge is 0.403 e. The summed E-state index contributed by atoms with van der Waals surface area (Å²) in [6, 6.07) is 0. The van der Waals surface area contributed by atoms with E-state index in [-0.39, 0.29) is 0 Å². The van der Waals surface area contributed by atoms with Crippen LogP contribution >= 0.6 is 11.6 Å². The van der Waals surface area contributed by atoms with Gasteiger partial charge in [-0.25, -0.2) is 4.79 Å². The molecule has 0 saturated carbocycles. The summed E-state index contributed by atoms with van der Waals surface area (Å²) in [5.74, 6) is 0. The van der Waals surface area contributed by atoms with Crippen LogP contribution in [0.2, 0.25) is 0 Å². The van der Waals surface area contributed by atoms with E-state index in [1.54, 1.807) is 0 Å². The van der Waals surface area contributed by atoms with Gasteiger partial charge in [-0.2, -0.15) is 0 Å². The van der Waals surface area contributed by atoms with Gasteiger partial charge in [-0.15, -0.1) is 0 Å². The number of ether oxygens (including phenoxy) is 1. The highest BCUT2D eigenvalue weighted by Gasteiger charge is 1.97. The standard InChI is InChI=1S/C25H49ClO2/c1-2-3-4-5-6-7-8-9-10-11-12-13-14-15-16-17-18-19-20-21-22-23-24-28-25(26)27/h2-24H2,1H3. The van der Waals surface area contributed by atoms with Crippen LogP contribution in [0.1, 0.15) is 148 Å². The predicted molar refractivity (Wildman–Crippen MR) is 124 cm³/mol. The van der Waals surface area contributed by atoms with Crippen molar-refractivity contribution in [3.05, 3.63) is 0 Å². The van der Waals surface area contributed by atoms with Gasteiger partial charge in [0.25, 0.3) is 0 Å². The van der Waals surface area contributed by atoms with E-state index in [1.807, 2.05) is 0 Å². The Bertz CT molecular complexity index is 307. The van der Waals surface area contributed by atoms with Gasteiger partial charge in [0.15, 0.2) is 0 Å². The number of rotatable bonds is 23. The van der Waals surface area contributed by atoms with Crippen molar-refractivity contribution in [1.29, 1.82) is 0 Å². The average Bonchev–Trinajstić information content (AvgIpc) is 2.68. The van der Waals surface area contributed by atoms with Gasteiger partial charge >= 0.3 is 5.43 Å². The molecule has 0 saturated heterocycles. The van der Waals surface area contributed by atoms with E-state index < -0.39 is 5.43 Å². The van der Waals surface area contributed by atoms with Crippen LogP contribution in [-0.4, -0.2) is 12.0 Å². The molecule has 0 rings (SSSR count). The summed E-state index contributed by atoms with van der Waals surface area (Å²) in [7, 11) is 0. The molecule has 0 fully saturated rings. The van der Waals surface area contributed by atoms with Crippen molar-refractivity contribution in [3.8, 4) is 0 Å². The SMILES string of the molecule is CCCCCCCCCCCCCCCCCCCCCCCCOC(=O)Cl. The predicted octanol–water partition coefficient (Wildman–Crippen LogP) is 9.96. The third-order valence-corrected chi connectivity index (χ3v) is 5.82. The number of unbranched alkanes of at least 4 members (excludes halogenated alkanes) is 21. The maximum absolute atomic E-state index is 10.4. The lowest BCUT2D eigenvalue weighted by atomic mass is 10.0. The lowest BCUT2D eigenvalue weighted by Gasteiger charge is -2.04. The minimum absolute atomic E-state index is 0.474. The minimum Gasteiger partial charge on any atom is -0.454 e. The Morgan fingerprint density at radius 2 is 0.750 bits per heavy atom. The minimum atomic E-state index is -0.677. The first-order valence-electron chi connectivity index (χ1n) is 12.6. The van der Waals surface area contributed by atoms with Crippen LogP contribution in [0.25, 0.3) is 0 Å². The van der Waals surface area contributed by atoms with Gasteiger partial charge in [0, 0.05) is 11.6 Å². The zero-order valence-corrected chi connectivity index (χ0v) is 19.7. The van der Waals surface area contributed by atoms with E-state index >= 15 is 0 Å². The first-order valence-corrected chi connectivity index (χ1v) is 13.0. The average molecular weight is 417 g/mol. The summed E-state index contributed by atoms with van der Waals surface area (Å²) < 4.78 is 4.71. The number of carbonyl (C=O) groups excluding carboxylic acids is 1. The molecule has 3 heteroatoms. The summed E-state index contributed by atoms with van der Waals surface area (Å²) in [4.78, 5) is 10.4. The van der Waals surface area contributed by atoms with E-state index in [2.05, 4.69) is 6.92 Å². The third-order valence-electron chi connectivity index (χ3n) is 5.71. The van der Waals surface area contributed by atoms with E-state index in [1.165, 1.54) is 128 Å². The molecular weight excluding hydrogens is 368 g/mol. The molecule has 0 unspecified atom stereocenters. The van der Waals surface area contributed by atoms with Crippen LogP contribution in [0.5, 0.6) is 0 Å². The summed E-state index contributed by atoms with van der Waals surface area (Å²) >= 11 is 5.11. The molecule has 0 N–H and O–H groups in total. The molecule has 0 aromatic rings. The maximum Gasteiger partial charge on any atom is 0.403 e. The van der Waals surface area contributed by atoms with Crippen molar-refractivity contribution in [2.75, 3.05) is 6.61 Å². The zero-order chi connectivity index (χ0) is 20.5. The Kier molecular flexibility index (Phi) is 24.6. The maximum atomic E-state index is 10.4. The van der Waals surface area contributed by atoms with Crippen LogP contribution in [0, 0.1) is 0 Å². The van der Waals surface area contributed by atoms with Crippen molar-refractivity contribution in [3.63, 3.8) is 0 Å². The van der Waals surface area contributed by atoms with E-state index in [0.29, 0.717) is 6.61 Å². The molecule has 0 aliphatic carbocycles. The number of hydrogen-bond donors (Lipinski definition) is 0. The van der Waals surface area contributed by atoms with Gasteiger partial charge in [-0.05, 0) is 6.42 Å². The lowest BCUT2D eigenvalue weighted by Crippen LogP contribution is -1.96. The van der Waals surface area contributed by atoms with Crippen molar-refractivity contribution >= 4 is 17.0 Å². The summed E-state index contributed by atoms with van der Waals surface area (Å²) in [5, 5.41) is 0. The monoisotopic (exact) mass is 416 g/mol. The lowest BCUT2D eigenvalue weighted by molar-refractivity contribution is 0.170. The Morgan fingerprint density at radius 3 is 1.00 bits per heavy atom. The quantitative estimate of drug-likeness (QED) is 0.122. The zero-order valence-electron chi connectivity index (χ0n) is 19.0. The number of halogens is 1. The van der Waals surface area contributed by atoms with Gasteiger partial charge < -0.3 is 4.74 Å². The Morgan fingerprint density at radius 1 is 0.500 bits per heavy atom. The molecule has 168 valence electrons. The van der Waals surface area contributed by atoms with Crippen molar-refractivity contribution in [2.24, 2.45) is 0 Å². The molecule has 0 aliphatic heterocycles. The van der Waals surface area contributed by atoms with Crippen LogP contribution in [0.3, 0.4) is 0 Å². The second-order valence-electron chi connectivity index (χ2n) is 8.51. The van der Waals surface area contributed by atoms with Gasteiger partial charge in [-0.1, -0.05) is 142 Å². The van der Waals surface area contributed by atoms with Crippen molar-refractivity contribution < 1.29 is 9.53 Å². The Labute approximate surface area is 181 Å². The van der Waals surface area contributed by atoms with Gasteiger partial charge in [0.05, 0.1) is 6.61 Å². The van der Waals surface area contributed by atoms with Crippen molar-refractivity contribution in [2.45, 2.75) is 148 Å². The Hall–Kier alpha value is -0.240. The second kappa shape index (κ2) is 24.8. The van der Waals surface area contributed by atoms with Crippen LogP contribution < -0.4 is 0 Å². The van der Waals surface area contributed by atoms with Crippen LogP contribution in [0.4, 0.5) is 4.79 Å². The molecule has 0 atom stereocenters. The number of carbonyl (C=O) groups is 1. The first-order chi connectivity index (χ1) is 13.8. The van der Waals surface area contributed by atoms with Crippen LogP contribution in [0.15, 0.2) is 0 Å². The van der Waals surface area contributed by atoms with Crippen molar-refractivity contribution in [1.82, 2.24) is 0 Å². The normalized spacial score (nSPS) is 11.1. The fourth-order valence-electron chi connectivity index (χ4n) is 3.86. The summed E-state index contributed by atoms with van der Waals surface area (Å²) in [5.41, 5.74) is -0.677. The molecule has 0 aliphatic rings. The topological polar surface area (TPSA) is 26.3 Å². The van der Waals surface area contributed by atoms with E-state index in [9.17, 15) is 4.79 Å². The molecular formula is C25H49ClO2. The third kappa shape index (κ3) is 25.8. The fourth-order valence-corrected chi connectivity index (χ4v) is 3.94. The largest absolute Gasteiger partial charge is 0.454 e. The first kappa shape index (κ1) is 27.8. The Balaban J connectivity index is 2.99. The fraction of sp³-hybridized carbons (Fsp3) is 0.960. The summed E-state index contributed by atoms with van der Waals surface area (Å²) in [6.07, 6.45) is 30.5. The van der Waals surface area contributed by atoms with Gasteiger partial charge in [0.1, 0.15) is 0 Å².